The summed E-state index contributed by atoms with van der Waals surface area (Å²) in [7, 11) is 1.55. The van der Waals surface area contributed by atoms with Crippen LogP contribution in [0.15, 0.2) is 24.4 Å². The molecule has 0 spiro atoms. The largest absolute Gasteiger partial charge is 0.480 e. The average molecular weight is 511 g/mol. The van der Waals surface area contributed by atoms with E-state index >= 15 is 4.39 Å². The highest BCUT2D eigenvalue weighted by Crippen LogP contribution is 2.47. The molecule has 2 atom stereocenters. The summed E-state index contributed by atoms with van der Waals surface area (Å²) in [6.07, 6.45) is 0.947. The molecule has 0 saturated carbocycles. The number of thiazole rings is 1. The molecule has 1 amide bonds. The first-order valence-corrected chi connectivity index (χ1v) is 12.5. The zero-order chi connectivity index (χ0) is 25.8. The van der Waals surface area contributed by atoms with E-state index in [1.54, 1.807) is 13.3 Å². The molecule has 0 radical (unpaired) electrons. The fraction of sp³-hybridized carbons (Fsp3) is 0.385. The van der Waals surface area contributed by atoms with Crippen molar-refractivity contribution in [2.45, 2.75) is 52.2 Å². The molecular weight excluding hydrogens is 483 g/mol. The first-order chi connectivity index (χ1) is 17.1. The van der Waals surface area contributed by atoms with E-state index in [4.69, 9.17) is 24.9 Å². The van der Waals surface area contributed by atoms with Gasteiger partial charge in [-0.05, 0) is 43.9 Å². The number of methoxy groups -OCH3 is 1. The Morgan fingerprint density at radius 1 is 1.28 bits per heavy atom. The number of hydrogen-bond acceptors (Lipinski definition) is 8. The van der Waals surface area contributed by atoms with Gasteiger partial charge in [-0.15, -0.1) is 11.3 Å². The van der Waals surface area contributed by atoms with Gasteiger partial charge in [0, 0.05) is 23.6 Å². The molecule has 2 unspecified atom stereocenters. The van der Waals surface area contributed by atoms with Gasteiger partial charge < -0.3 is 19.9 Å². The van der Waals surface area contributed by atoms with Crippen molar-refractivity contribution in [3.63, 3.8) is 0 Å². The topological polar surface area (TPSA) is 109 Å². The maximum Gasteiger partial charge on any atom is 0.404 e. The van der Waals surface area contributed by atoms with Crippen LogP contribution in [0.3, 0.4) is 0 Å². The summed E-state index contributed by atoms with van der Waals surface area (Å²) in [4.78, 5) is 25.4. The van der Waals surface area contributed by atoms with Crippen LogP contribution in [0.2, 0.25) is 0 Å². The molecule has 1 aliphatic heterocycles. The zero-order valence-corrected chi connectivity index (χ0v) is 21.5. The summed E-state index contributed by atoms with van der Waals surface area (Å²) in [5.74, 6) is 0.307. The van der Waals surface area contributed by atoms with E-state index < -0.39 is 23.6 Å². The van der Waals surface area contributed by atoms with E-state index in [1.807, 2.05) is 39.8 Å². The van der Waals surface area contributed by atoms with Crippen LogP contribution in [0, 0.1) is 18.7 Å². The summed E-state index contributed by atoms with van der Waals surface area (Å²) in [6.45, 7) is 7.83. The molecule has 5 rings (SSSR count). The minimum Gasteiger partial charge on any atom is -0.480 e. The van der Waals surface area contributed by atoms with Crippen molar-refractivity contribution >= 4 is 38.7 Å². The smallest absolute Gasteiger partial charge is 0.404 e. The van der Waals surface area contributed by atoms with Crippen LogP contribution >= 0.6 is 11.3 Å². The number of hydrogen-bond donors (Lipinski definition) is 1. The Morgan fingerprint density at radius 2 is 2.06 bits per heavy atom. The van der Waals surface area contributed by atoms with E-state index in [9.17, 15) is 4.79 Å². The second-order valence-electron chi connectivity index (χ2n) is 9.77. The van der Waals surface area contributed by atoms with Crippen molar-refractivity contribution in [2.75, 3.05) is 7.11 Å². The number of carbonyl (C=O) groups is 1. The number of halogens is 1. The highest BCUT2D eigenvalue weighted by Gasteiger charge is 2.46. The first kappa shape index (κ1) is 24.2. The van der Waals surface area contributed by atoms with Gasteiger partial charge in [0.2, 0.25) is 5.88 Å². The maximum atomic E-state index is 15.2. The highest BCUT2D eigenvalue weighted by molar-refractivity contribution is 7.22. The molecule has 8 nitrogen and oxygen atoms in total. The molecular formula is C26H27FN4O4S. The molecule has 2 aromatic carbocycles. The Labute approximate surface area is 211 Å². The van der Waals surface area contributed by atoms with Gasteiger partial charge in [0.15, 0.2) is 11.6 Å². The van der Waals surface area contributed by atoms with Gasteiger partial charge in [-0.25, -0.2) is 24.1 Å². The van der Waals surface area contributed by atoms with Crippen LogP contribution in [0.5, 0.6) is 11.6 Å². The van der Waals surface area contributed by atoms with Crippen LogP contribution in [0.4, 0.5) is 9.18 Å². The molecule has 10 heteroatoms. The molecule has 0 saturated heterocycles. The van der Waals surface area contributed by atoms with Crippen molar-refractivity contribution in [1.82, 2.24) is 15.0 Å². The van der Waals surface area contributed by atoms with Gasteiger partial charge in [0.05, 0.1) is 34.6 Å². The Balaban J connectivity index is 1.61. The Kier molecular flexibility index (Phi) is 5.94. The molecule has 3 heterocycles. The molecule has 1 aliphatic rings. The van der Waals surface area contributed by atoms with Crippen LogP contribution in [-0.4, -0.2) is 39.9 Å². The van der Waals surface area contributed by atoms with Crippen molar-refractivity contribution < 1.29 is 23.4 Å². The van der Waals surface area contributed by atoms with Crippen molar-refractivity contribution in [2.24, 2.45) is 11.7 Å². The molecule has 2 aromatic heterocycles. The molecule has 4 aromatic rings. The highest BCUT2D eigenvalue weighted by atomic mass is 32.1. The number of aromatic nitrogens is 3. The van der Waals surface area contributed by atoms with Crippen molar-refractivity contribution in [3.8, 4) is 22.2 Å². The number of benzene rings is 2. The van der Waals surface area contributed by atoms with E-state index in [1.165, 1.54) is 17.4 Å². The molecule has 36 heavy (non-hydrogen) atoms. The number of primary amides is 1. The van der Waals surface area contributed by atoms with E-state index in [0.29, 0.717) is 45.8 Å². The van der Waals surface area contributed by atoms with Crippen molar-refractivity contribution in [1.29, 1.82) is 0 Å². The summed E-state index contributed by atoms with van der Waals surface area (Å²) in [5.41, 5.74) is 8.81. The maximum absolute atomic E-state index is 15.2. The standard InChI is InChI=1S/C26H27FN4O4S/c1-12(2)6-19(34-25(28)32)26(4)10-15-22(35-26)16(27)9-18-23(15)36-24(31-18)14-7-13(3)8-17-21(14)29-11-20(30-17)33-5/h7-9,11-12,19H,6,10H2,1-5H3,(H2,28,32). The lowest BCUT2D eigenvalue weighted by Crippen LogP contribution is -2.47. The monoisotopic (exact) mass is 510 g/mol. The summed E-state index contributed by atoms with van der Waals surface area (Å²) >= 11 is 1.45. The molecule has 0 bridgehead atoms. The quantitative estimate of drug-likeness (QED) is 0.361. The van der Waals surface area contributed by atoms with Gasteiger partial charge in [-0.3, -0.25) is 0 Å². The van der Waals surface area contributed by atoms with Gasteiger partial charge in [0.25, 0.3) is 0 Å². The van der Waals surface area contributed by atoms with Crippen LogP contribution in [0.1, 0.15) is 38.3 Å². The van der Waals surface area contributed by atoms with E-state index in [2.05, 4.69) is 9.97 Å². The van der Waals surface area contributed by atoms with Gasteiger partial charge in [-0.1, -0.05) is 13.8 Å². The minimum atomic E-state index is -0.959. The van der Waals surface area contributed by atoms with Crippen LogP contribution < -0.4 is 15.2 Å². The zero-order valence-electron chi connectivity index (χ0n) is 20.7. The van der Waals surface area contributed by atoms with Gasteiger partial charge in [-0.2, -0.15) is 0 Å². The number of nitrogens with two attached hydrogens (primary N) is 1. The summed E-state index contributed by atoms with van der Waals surface area (Å²) in [6, 6.07) is 5.32. The Hall–Kier alpha value is -3.53. The predicted octanol–water partition coefficient (Wildman–Crippen LogP) is 5.57. The lowest BCUT2D eigenvalue weighted by molar-refractivity contribution is -0.0444. The number of ether oxygens (including phenoxy) is 3. The molecule has 2 N–H and O–H groups in total. The van der Waals surface area contributed by atoms with Crippen LogP contribution in [-0.2, 0) is 11.2 Å². The fourth-order valence-corrected chi connectivity index (χ4v) is 5.86. The number of aryl methyl sites for hydroxylation is 1. The molecule has 0 aliphatic carbocycles. The fourth-order valence-electron chi connectivity index (χ4n) is 4.76. The summed E-state index contributed by atoms with van der Waals surface area (Å²) in [5, 5.41) is 0.701. The number of nitrogens with zero attached hydrogens (tertiary/aromatic N) is 3. The van der Waals surface area contributed by atoms with E-state index in [0.717, 1.165) is 15.8 Å². The lowest BCUT2D eigenvalue weighted by atomic mass is 9.88. The second kappa shape index (κ2) is 8.85. The van der Waals surface area contributed by atoms with Gasteiger partial charge in [0.1, 0.15) is 16.7 Å². The second-order valence-corrected chi connectivity index (χ2v) is 10.8. The third-order valence-electron chi connectivity index (χ3n) is 6.38. The number of amides is 1. The number of rotatable bonds is 6. The van der Waals surface area contributed by atoms with Crippen LogP contribution in [0.25, 0.3) is 31.8 Å². The SMILES string of the molecule is COc1cnc2c(-c3nc4cc(F)c5c(c4s3)CC(C)(C(CC(C)C)OC(N)=O)O5)cc(C)cc2n1. The Morgan fingerprint density at radius 3 is 2.75 bits per heavy atom. The number of carbonyl (C=O) groups excluding carboxylic acids is 1. The first-order valence-electron chi connectivity index (χ1n) is 11.7. The van der Waals surface area contributed by atoms with Crippen molar-refractivity contribution in [3.05, 3.63) is 41.3 Å². The van der Waals surface area contributed by atoms with E-state index in [-0.39, 0.29) is 11.7 Å². The predicted molar refractivity (Wildman–Crippen MR) is 136 cm³/mol. The normalized spacial score (nSPS) is 17.9. The molecule has 0 fully saturated rings. The number of fused-ring (bicyclic) bond motifs is 4. The third-order valence-corrected chi connectivity index (χ3v) is 7.54. The third kappa shape index (κ3) is 4.19. The Bertz CT molecular complexity index is 1500. The minimum absolute atomic E-state index is 0.167. The summed E-state index contributed by atoms with van der Waals surface area (Å²) < 4.78 is 32.9. The molecule has 188 valence electrons. The lowest BCUT2D eigenvalue weighted by Gasteiger charge is -2.33. The van der Waals surface area contributed by atoms with Gasteiger partial charge >= 0.3 is 6.09 Å². The average Bonchev–Trinajstić information content (AvgIpc) is 3.39.